The molecule has 0 fully saturated rings. The average molecular weight is 382 g/mol. The van der Waals surface area contributed by atoms with Gasteiger partial charge in [0.05, 0.1) is 16.7 Å². The van der Waals surface area contributed by atoms with E-state index in [1.165, 1.54) is 12.1 Å². The van der Waals surface area contributed by atoms with Gasteiger partial charge in [-0.2, -0.15) is 0 Å². The lowest BCUT2D eigenvalue weighted by Crippen LogP contribution is -2.30. The van der Waals surface area contributed by atoms with Gasteiger partial charge < -0.3 is 35.4 Å². The molecule has 3 aromatic carbocycles. The summed E-state index contributed by atoms with van der Waals surface area (Å²) in [6, 6.07) is 9.72. The van der Waals surface area contributed by atoms with Gasteiger partial charge in [0, 0.05) is 29.8 Å². The SMILES string of the molecule is O=C1OC(c2c(O)cc(O)cc2O)(c2c(O)cc(O)cc2O)c2ccccc21. The third-order valence-corrected chi connectivity index (χ3v) is 4.64. The summed E-state index contributed by atoms with van der Waals surface area (Å²) >= 11 is 0. The molecular weight excluding hydrogens is 368 g/mol. The standard InChI is InChI=1S/C20H14O8/c21-9-5-13(23)17(14(24)6-9)20(18-15(25)7-10(22)8-16(18)26)12-4-2-1-3-11(12)19(27)28-20/h1-8,21-26H. The van der Waals surface area contributed by atoms with Crippen LogP contribution in [0.2, 0.25) is 0 Å². The van der Waals surface area contributed by atoms with Crippen LogP contribution in [0.3, 0.4) is 0 Å². The van der Waals surface area contributed by atoms with Gasteiger partial charge in [-0.3, -0.25) is 0 Å². The molecule has 8 nitrogen and oxygen atoms in total. The molecule has 0 aromatic heterocycles. The maximum Gasteiger partial charge on any atom is 0.340 e. The normalized spacial score (nSPS) is 14.5. The third-order valence-electron chi connectivity index (χ3n) is 4.64. The number of hydrogen-bond acceptors (Lipinski definition) is 8. The number of aromatic hydroxyl groups is 6. The predicted molar refractivity (Wildman–Crippen MR) is 94.6 cm³/mol. The minimum absolute atomic E-state index is 0.0845. The number of phenolic OH excluding ortho intramolecular Hbond substituents is 6. The molecule has 3 aromatic rings. The summed E-state index contributed by atoms with van der Waals surface area (Å²) in [6.45, 7) is 0. The zero-order valence-corrected chi connectivity index (χ0v) is 14.1. The summed E-state index contributed by atoms with van der Waals surface area (Å²) in [6.07, 6.45) is 0. The minimum Gasteiger partial charge on any atom is -0.508 e. The van der Waals surface area contributed by atoms with Crippen LogP contribution in [-0.2, 0) is 10.3 Å². The van der Waals surface area contributed by atoms with Crippen molar-refractivity contribution in [1.82, 2.24) is 0 Å². The van der Waals surface area contributed by atoms with Crippen LogP contribution in [0.4, 0.5) is 0 Å². The van der Waals surface area contributed by atoms with E-state index >= 15 is 0 Å². The maximum absolute atomic E-state index is 12.6. The van der Waals surface area contributed by atoms with E-state index in [-0.39, 0.29) is 22.3 Å². The Bertz CT molecular complexity index is 1030. The first-order valence-corrected chi connectivity index (χ1v) is 8.09. The number of rotatable bonds is 2. The molecule has 28 heavy (non-hydrogen) atoms. The highest BCUT2D eigenvalue weighted by atomic mass is 16.6. The van der Waals surface area contributed by atoms with Gasteiger partial charge in [0.2, 0.25) is 5.60 Å². The average Bonchev–Trinajstić information content (AvgIpc) is 2.87. The number of fused-ring (bicyclic) bond motifs is 1. The van der Waals surface area contributed by atoms with Crippen LogP contribution >= 0.6 is 0 Å². The van der Waals surface area contributed by atoms with Gasteiger partial charge in [-0.15, -0.1) is 0 Å². The molecule has 0 aliphatic carbocycles. The zero-order chi connectivity index (χ0) is 20.2. The molecule has 1 heterocycles. The second-order valence-corrected chi connectivity index (χ2v) is 6.33. The lowest BCUT2D eigenvalue weighted by Gasteiger charge is -2.32. The first-order valence-electron chi connectivity index (χ1n) is 8.09. The summed E-state index contributed by atoms with van der Waals surface area (Å²) < 4.78 is 5.55. The smallest absolute Gasteiger partial charge is 0.340 e. The number of phenols is 6. The topological polar surface area (TPSA) is 148 Å². The van der Waals surface area contributed by atoms with E-state index in [2.05, 4.69) is 0 Å². The summed E-state index contributed by atoms with van der Waals surface area (Å²) in [5.41, 5.74) is -2.68. The fraction of sp³-hybridized carbons (Fsp3) is 0.0500. The number of carbonyl (C=O) groups excluding carboxylic acids is 1. The van der Waals surface area contributed by atoms with E-state index in [0.29, 0.717) is 0 Å². The Labute approximate surface area is 157 Å². The van der Waals surface area contributed by atoms with Gasteiger partial charge in [0.15, 0.2) is 0 Å². The van der Waals surface area contributed by atoms with Crippen molar-refractivity contribution < 1.29 is 40.2 Å². The Balaban J connectivity index is 2.20. The highest BCUT2D eigenvalue weighted by molar-refractivity contribution is 5.97. The van der Waals surface area contributed by atoms with Gasteiger partial charge in [-0.05, 0) is 6.07 Å². The number of ether oxygens (including phenoxy) is 1. The number of cyclic esters (lactones) is 1. The highest BCUT2D eigenvalue weighted by Gasteiger charge is 2.54. The van der Waals surface area contributed by atoms with Crippen molar-refractivity contribution in [2.75, 3.05) is 0 Å². The Kier molecular flexibility index (Phi) is 3.54. The molecule has 0 atom stereocenters. The number of hydrogen-bond donors (Lipinski definition) is 6. The molecule has 0 radical (unpaired) electrons. The second-order valence-electron chi connectivity index (χ2n) is 6.33. The molecule has 1 aliphatic rings. The molecule has 0 spiro atoms. The van der Waals surface area contributed by atoms with Crippen LogP contribution in [0.5, 0.6) is 34.5 Å². The van der Waals surface area contributed by atoms with Gasteiger partial charge in [0.1, 0.15) is 34.5 Å². The van der Waals surface area contributed by atoms with Crippen molar-refractivity contribution >= 4 is 5.97 Å². The highest BCUT2D eigenvalue weighted by Crippen LogP contribution is 2.57. The Hall–Kier alpha value is -4.07. The fourth-order valence-corrected chi connectivity index (χ4v) is 3.63. The summed E-state index contributed by atoms with van der Waals surface area (Å²) in [4.78, 5) is 12.6. The quantitative estimate of drug-likeness (QED) is 0.370. The van der Waals surface area contributed by atoms with Crippen LogP contribution in [0, 0.1) is 0 Å². The van der Waals surface area contributed by atoms with E-state index in [4.69, 9.17) is 4.74 Å². The second kappa shape index (κ2) is 5.71. The summed E-state index contributed by atoms with van der Waals surface area (Å²) in [5.74, 6) is -4.31. The maximum atomic E-state index is 12.6. The van der Waals surface area contributed by atoms with Crippen LogP contribution < -0.4 is 0 Å². The van der Waals surface area contributed by atoms with E-state index in [1.54, 1.807) is 12.1 Å². The molecule has 1 aliphatic heterocycles. The van der Waals surface area contributed by atoms with Crippen molar-refractivity contribution in [3.05, 3.63) is 70.8 Å². The molecule has 0 saturated carbocycles. The van der Waals surface area contributed by atoms with Crippen LogP contribution in [0.25, 0.3) is 0 Å². The predicted octanol–water partition coefficient (Wildman–Crippen LogP) is 2.38. The Morgan fingerprint density at radius 2 is 1.11 bits per heavy atom. The van der Waals surface area contributed by atoms with Crippen molar-refractivity contribution in [3.8, 4) is 34.5 Å². The number of esters is 1. The van der Waals surface area contributed by atoms with E-state index in [0.717, 1.165) is 24.3 Å². The molecule has 6 N–H and O–H groups in total. The Morgan fingerprint density at radius 1 is 0.679 bits per heavy atom. The van der Waals surface area contributed by atoms with E-state index in [9.17, 15) is 35.4 Å². The number of carbonyl (C=O) groups is 1. The van der Waals surface area contributed by atoms with E-state index < -0.39 is 46.1 Å². The lowest BCUT2D eigenvalue weighted by molar-refractivity contribution is 0.0227. The molecule has 0 unspecified atom stereocenters. The number of benzene rings is 3. The fourth-order valence-electron chi connectivity index (χ4n) is 3.63. The van der Waals surface area contributed by atoms with Gasteiger partial charge >= 0.3 is 5.97 Å². The molecule has 0 bridgehead atoms. The van der Waals surface area contributed by atoms with Crippen molar-refractivity contribution in [1.29, 1.82) is 0 Å². The zero-order valence-electron chi connectivity index (χ0n) is 14.1. The van der Waals surface area contributed by atoms with Crippen molar-refractivity contribution in [2.45, 2.75) is 5.60 Å². The van der Waals surface area contributed by atoms with Gasteiger partial charge in [-0.1, -0.05) is 18.2 Å². The molecule has 142 valence electrons. The minimum atomic E-state index is -2.14. The summed E-state index contributed by atoms with van der Waals surface area (Å²) in [5, 5.41) is 61.2. The van der Waals surface area contributed by atoms with Crippen LogP contribution in [0.15, 0.2) is 48.5 Å². The largest absolute Gasteiger partial charge is 0.508 e. The lowest BCUT2D eigenvalue weighted by atomic mass is 9.78. The van der Waals surface area contributed by atoms with Crippen molar-refractivity contribution in [2.24, 2.45) is 0 Å². The first kappa shape index (κ1) is 17.3. The molecule has 0 amide bonds. The third kappa shape index (κ3) is 2.21. The van der Waals surface area contributed by atoms with Gasteiger partial charge in [-0.25, -0.2) is 4.79 Å². The monoisotopic (exact) mass is 382 g/mol. The molecule has 8 heteroatoms. The van der Waals surface area contributed by atoms with Gasteiger partial charge in [0.25, 0.3) is 0 Å². The first-order chi connectivity index (χ1) is 13.3. The van der Waals surface area contributed by atoms with Crippen LogP contribution in [0.1, 0.15) is 27.0 Å². The van der Waals surface area contributed by atoms with Crippen molar-refractivity contribution in [3.63, 3.8) is 0 Å². The molecule has 0 saturated heterocycles. The summed E-state index contributed by atoms with van der Waals surface area (Å²) in [7, 11) is 0. The molecule has 4 rings (SSSR count). The van der Waals surface area contributed by atoms with E-state index in [1.807, 2.05) is 0 Å². The molecular formula is C20H14O8. The Morgan fingerprint density at radius 3 is 1.57 bits per heavy atom. The van der Waals surface area contributed by atoms with Crippen LogP contribution in [-0.4, -0.2) is 36.6 Å².